The number of thioether (sulfide) groups is 1. The average Bonchev–Trinajstić information content (AvgIpc) is 2.41. The number of nitrogens with one attached hydrogen (secondary N) is 1. The fourth-order valence-corrected chi connectivity index (χ4v) is 3.51. The minimum atomic E-state index is -2.37. The van der Waals surface area contributed by atoms with Crippen LogP contribution >= 0.6 is 11.8 Å². The quantitative estimate of drug-likeness (QED) is 0.832. The van der Waals surface area contributed by atoms with Crippen molar-refractivity contribution in [2.45, 2.75) is 37.0 Å². The van der Waals surface area contributed by atoms with Crippen molar-refractivity contribution in [2.24, 2.45) is 5.92 Å². The molecule has 0 radical (unpaired) electrons. The second-order valence-corrected chi connectivity index (χ2v) is 6.25. The van der Waals surface area contributed by atoms with Gasteiger partial charge in [0.1, 0.15) is 0 Å². The maximum Gasteiger partial charge on any atom is 0.288 e. The van der Waals surface area contributed by atoms with Crippen molar-refractivity contribution >= 4 is 17.4 Å². The summed E-state index contributed by atoms with van der Waals surface area (Å²) in [5, 5.41) is 3.50. The molecule has 0 bridgehead atoms. The number of benzene rings is 1. The van der Waals surface area contributed by atoms with Crippen LogP contribution in [-0.2, 0) is 0 Å². The Kier molecular flexibility index (Phi) is 5.66. The number of hydrogen-bond acceptors (Lipinski definition) is 3. The molecule has 1 heterocycles. The fourth-order valence-electron chi connectivity index (χ4n) is 2.84. The van der Waals surface area contributed by atoms with Gasteiger partial charge in [0.25, 0.3) is 5.76 Å². The molecule has 20 heavy (non-hydrogen) atoms. The van der Waals surface area contributed by atoms with Gasteiger partial charge in [-0.3, -0.25) is 0 Å². The summed E-state index contributed by atoms with van der Waals surface area (Å²) in [6, 6.07) is 8.01. The number of anilines is 1. The van der Waals surface area contributed by atoms with Crippen LogP contribution in [0.15, 0.2) is 29.2 Å². The number of alkyl halides is 2. The molecule has 0 saturated carbocycles. The molecule has 2 unspecified atom stereocenters. The van der Waals surface area contributed by atoms with Crippen molar-refractivity contribution in [3.63, 3.8) is 0 Å². The number of rotatable bonds is 5. The molecule has 1 fully saturated rings. The highest BCUT2D eigenvalue weighted by molar-refractivity contribution is 7.99. The lowest BCUT2D eigenvalue weighted by Crippen LogP contribution is -2.48. The van der Waals surface area contributed by atoms with Crippen molar-refractivity contribution in [1.82, 2.24) is 5.32 Å². The van der Waals surface area contributed by atoms with Gasteiger partial charge >= 0.3 is 0 Å². The lowest BCUT2D eigenvalue weighted by atomic mass is 9.93. The summed E-state index contributed by atoms with van der Waals surface area (Å²) in [6.45, 7) is 7.16. The minimum absolute atomic E-state index is 0.522. The van der Waals surface area contributed by atoms with Crippen LogP contribution in [0.2, 0.25) is 0 Å². The van der Waals surface area contributed by atoms with E-state index in [9.17, 15) is 8.78 Å². The summed E-state index contributed by atoms with van der Waals surface area (Å²) in [5.41, 5.74) is 0.944. The molecular weight excluding hydrogens is 278 g/mol. The van der Waals surface area contributed by atoms with Crippen LogP contribution in [0.3, 0.4) is 0 Å². The Morgan fingerprint density at radius 1 is 1.40 bits per heavy atom. The molecule has 1 aromatic carbocycles. The molecule has 1 aliphatic heterocycles. The Labute approximate surface area is 123 Å². The van der Waals surface area contributed by atoms with E-state index in [1.165, 1.54) is 0 Å². The van der Waals surface area contributed by atoms with Crippen LogP contribution < -0.4 is 10.2 Å². The molecule has 1 aliphatic rings. The summed E-state index contributed by atoms with van der Waals surface area (Å²) < 4.78 is 25.3. The Morgan fingerprint density at radius 2 is 2.15 bits per heavy atom. The largest absolute Gasteiger partial charge is 0.370 e. The SMILES string of the molecule is CCNC1CCN(c2ccccc2SC(F)F)CC1C. The van der Waals surface area contributed by atoms with Crippen LogP contribution in [-0.4, -0.2) is 31.4 Å². The second kappa shape index (κ2) is 7.27. The number of hydrogen-bond donors (Lipinski definition) is 1. The summed E-state index contributed by atoms with van der Waals surface area (Å²) in [5.74, 6) is -1.85. The topological polar surface area (TPSA) is 15.3 Å². The smallest absolute Gasteiger partial charge is 0.288 e. The van der Waals surface area contributed by atoms with Crippen molar-refractivity contribution < 1.29 is 8.78 Å². The zero-order valence-corrected chi connectivity index (χ0v) is 12.8. The van der Waals surface area contributed by atoms with E-state index in [1.807, 2.05) is 18.2 Å². The zero-order chi connectivity index (χ0) is 14.5. The number of nitrogens with zero attached hydrogens (tertiary/aromatic N) is 1. The number of para-hydroxylation sites is 1. The lowest BCUT2D eigenvalue weighted by Gasteiger charge is -2.39. The molecule has 1 N–H and O–H groups in total. The highest BCUT2D eigenvalue weighted by Gasteiger charge is 2.26. The van der Waals surface area contributed by atoms with Crippen molar-refractivity contribution in [3.8, 4) is 0 Å². The lowest BCUT2D eigenvalue weighted by molar-refractivity contribution is 0.252. The van der Waals surface area contributed by atoms with Crippen molar-refractivity contribution in [2.75, 3.05) is 24.5 Å². The molecule has 0 amide bonds. The monoisotopic (exact) mass is 300 g/mol. The van der Waals surface area contributed by atoms with E-state index in [-0.39, 0.29) is 0 Å². The molecule has 112 valence electrons. The maximum absolute atomic E-state index is 12.6. The molecule has 1 aromatic rings. The van der Waals surface area contributed by atoms with Gasteiger partial charge in [-0.1, -0.05) is 37.7 Å². The zero-order valence-electron chi connectivity index (χ0n) is 12.0. The standard InChI is InChI=1S/C15H22F2N2S/c1-3-18-12-8-9-19(10-11(12)2)13-6-4-5-7-14(13)20-15(16)17/h4-7,11-12,15,18H,3,8-10H2,1-2H3. The third kappa shape index (κ3) is 3.85. The summed E-state index contributed by atoms with van der Waals surface area (Å²) in [7, 11) is 0. The van der Waals surface area contributed by atoms with E-state index < -0.39 is 5.76 Å². The van der Waals surface area contributed by atoms with E-state index >= 15 is 0 Å². The second-order valence-electron chi connectivity index (χ2n) is 5.22. The van der Waals surface area contributed by atoms with Crippen LogP contribution in [0.4, 0.5) is 14.5 Å². The molecule has 0 aliphatic carbocycles. The van der Waals surface area contributed by atoms with Crippen molar-refractivity contribution in [3.05, 3.63) is 24.3 Å². The first-order chi connectivity index (χ1) is 9.61. The number of halogens is 2. The third-order valence-corrected chi connectivity index (χ3v) is 4.57. The van der Waals surface area contributed by atoms with Crippen LogP contribution in [0, 0.1) is 5.92 Å². The third-order valence-electron chi connectivity index (χ3n) is 3.79. The Morgan fingerprint density at radius 3 is 2.80 bits per heavy atom. The van der Waals surface area contributed by atoms with E-state index in [2.05, 4.69) is 24.1 Å². The van der Waals surface area contributed by atoms with Gasteiger partial charge in [-0.25, -0.2) is 0 Å². The van der Waals surface area contributed by atoms with E-state index in [4.69, 9.17) is 0 Å². The molecule has 2 nitrogen and oxygen atoms in total. The van der Waals surface area contributed by atoms with Gasteiger partial charge in [-0.15, -0.1) is 0 Å². The average molecular weight is 300 g/mol. The predicted octanol–water partition coefficient (Wildman–Crippen LogP) is 3.83. The minimum Gasteiger partial charge on any atom is -0.370 e. The Bertz CT molecular complexity index is 428. The predicted molar refractivity (Wildman–Crippen MR) is 81.8 cm³/mol. The van der Waals surface area contributed by atoms with Gasteiger partial charge in [0, 0.05) is 24.0 Å². The van der Waals surface area contributed by atoms with Gasteiger partial charge < -0.3 is 10.2 Å². The van der Waals surface area contributed by atoms with Gasteiger partial charge in [0.2, 0.25) is 0 Å². The van der Waals surface area contributed by atoms with E-state index in [1.54, 1.807) is 6.07 Å². The summed E-state index contributed by atoms with van der Waals surface area (Å²) in [4.78, 5) is 2.92. The molecule has 0 spiro atoms. The molecule has 2 atom stereocenters. The van der Waals surface area contributed by atoms with Gasteiger partial charge in [-0.05, 0) is 31.0 Å². The highest BCUT2D eigenvalue weighted by atomic mass is 32.2. The van der Waals surface area contributed by atoms with E-state index in [0.29, 0.717) is 28.6 Å². The van der Waals surface area contributed by atoms with Gasteiger partial charge in [0.05, 0.1) is 5.69 Å². The molecule has 5 heteroatoms. The summed E-state index contributed by atoms with van der Waals surface area (Å²) >= 11 is 0.640. The maximum atomic E-state index is 12.6. The number of piperidine rings is 1. The molecule has 1 saturated heterocycles. The summed E-state index contributed by atoms with van der Waals surface area (Å²) in [6.07, 6.45) is 1.06. The van der Waals surface area contributed by atoms with Crippen LogP contribution in [0.5, 0.6) is 0 Å². The van der Waals surface area contributed by atoms with Gasteiger partial charge in [-0.2, -0.15) is 8.78 Å². The molecular formula is C15H22F2N2S. The van der Waals surface area contributed by atoms with Crippen molar-refractivity contribution in [1.29, 1.82) is 0 Å². The molecule has 2 rings (SSSR count). The highest BCUT2D eigenvalue weighted by Crippen LogP contribution is 2.35. The van der Waals surface area contributed by atoms with Crippen LogP contribution in [0.1, 0.15) is 20.3 Å². The fraction of sp³-hybridized carbons (Fsp3) is 0.600. The Hall–Kier alpha value is -0.810. The first-order valence-corrected chi connectivity index (χ1v) is 8.02. The van der Waals surface area contributed by atoms with Gasteiger partial charge in [0.15, 0.2) is 0 Å². The Balaban J connectivity index is 2.09. The van der Waals surface area contributed by atoms with E-state index in [0.717, 1.165) is 31.7 Å². The first kappa shape index (κ1) is 15.6. The first-order valence-electron chi connectivity index (χ1n) is 7.14. The normalized spacial score (nSPS) is 23.4. The molecule has 0 aromatic heterocycles. The van der Waals surface area contributed by atoms with Crippen LogP contribution in [0.25, 0.3) is 0 Å².